The number of nitrogens with one attached hydrogen (secondary N) is 1. The lowest BCUT2D eigenvalue weighted by Crippen LogP contribution is -2.11. The molecule has 0 radical (unpaired) electrons. The zero-order valence-corrected chi connectivity index (χ0v) is 17.8. The molecule has 4 rings (SSSR count). The summed E-state index contributed by atoms with van der Waals surface area (Å²) >= 11 is 0. The Morgan fingerprint density at radius 3 is 2.00 bits per heavy atom. The number of methoxy groups -OCH3 is 3. The summed E-state index contributed by atoms with van der Waals surface area (Å²) in [6.45, 7) is 0. The van der Waals surface area contributed by atoms with Crippen molar-refractivity contribution in [1.82, 2.24) is 10.2 Å². The topological polar surface area (TPSA) is 95.7 Å². The average Bonchev–Trinajstić information content (AvgIpc) is 3.32. The molecule has 0 saturated heterocycles. The largest absolute Gasteiger partial charge is 0.493 e. The first-order valence-electron chi connectivity index (χ1n) is 9.73. The van der Waals surface area contributed by atoms with Crippen molar-refractivity contribution in [3.8, 4) is 39.8 Å². The van der Waals surface area contributed by atoms with Crippen LogP contribution in [-0.4, -0.2) is 37.4 Å². The van der Waals surface area contributed by atoms with E-state index in [0.717, 1.165) is 11.1 Å². The fourth-order valence-corrected chi connectivity index (χ4v) is 3.21. The molecule has 0 aliphatic rings. The molecule has 0 spiro atoms. The second-order valence-electron chi connectivity index (χ2n) is 6.72. The van der Waals surface area contributed by atoms with Crippen LogP contribution in [0.25, 0.3) is 22.6 Å². The molecule has 0 atom stereocenters. The molecule has 4 aromatic rings. The first-order valence-corrected chi connectivity index (χ1v) is 9.73. The number of carbonyl (C=O) groups excluding carboxylic acids is 1. The van der Waals surface area contributed by atoms with Crippen molar-refractivity contribution in [1.29, 1.82) is 0 Å². The molecule has 8 heteroatoms. The van der Waals surface area contributed by atoms with E-state index in [-0.39, 0.29) is 17.8 Å². The summed E-state index contributed by atoms with van der Waals surface area (Å²) in [5, 5.41) is 10.5. The Labute approximate surface area is 184 Å². The Morgan fingerprint density at radius 2 is 1.41 bits per heavy atom. The number of hydrogen-bond acceptors (Lipinski definition) is 7. The van der Waals surface area contributed by atoms with Gasteiger partial charge in [0.1, 0.15) is 0 Å². The molecule has 32 heavy (non-hydrogen) atoms. The zero-order chi connectivity index (χ0) is 22.5. The van der Waals surface area contributed by atoms with Gasteiger partial charge in [-0.25, -0.2) is 0 Å². The van der Waals surface area contributed by atoms with Gasteiger partial charge >= 0.3 is 6.01 Å². The SMILES string of the molecule is COc1cc(-c2nnc(NC(=O)c3ccc(-c4ccccc4)cc3)o2)cc(OC)c1OC. The molecule has 8 nitrogen and oxygen atoms in total. The third kappa shape index (κ3) is 4.24. The Morgan fingerprint density at radius 1 is 0.781 bits per heavy atom. The predicted molar refractivity (Wildman–Crippen MR) is 119 cm³/mol. The normalized spacial score (nSPS) is 10.5. The van der Waals surface area contributed by atoms with E-state index in [1.165, 1.54) is 21.3 Å². The van der Waals surface area contributed by atoms with Crippen molar-refractivity contribution in [3.05, 3.63) is 72.3 Å². The first kappa shape index (κ1) is 20.9. The first-order chi connectivity index (χ1) is 15.6. The lowest BCUT2D eigenvalue weighted by molar-refractivity contribution is 0.102. The summed E-state index contributed by atoms with van der Waals surface area (Å²) in [4.78, 5) is 12.6. The van der Waals surface area contributed by atoms with Gasteiger partial charge in [0, 0.05) is 11.1 Å². The standard InChI is InChI=1S/C24H21N3O5/c1-29-19-13-18(14-20(30-2)21(19)31-3)23-26-27-24(32-23)25-22(28)17-11-9-16(10-12-17)15-7-5-4-6-8-15/h4-14H,1-3H3,(H,25,27,28). The number of rotatable bonds is 7. The quantitative estimate of drug-likeness (QED) is 0.454. The van der Waals surface area contributed by atoms with E-state index < -0.39 is 0 Å². The van der Waals surface area contributed by atoms with Gasteiger partial charge in [-0.3, -0.25) is 10.1 Å². The van der Waals surface area contributed by atoms with E-state index in [2.05, 4.69) is 15.5 Å². The predicted octanol–water partition coefficient (Wildman–Crippen LogP) is 4.68. The molecule has 1 amide bonds. The highest BCUT2D eigenvalue weighted by Crippen LogP contribution is 2.41. The minimum absolute atomic E-state index is 0.0223. The summed E-state index contributed by atoms with van der Waals surface area (Å²) in [5.41, 5.74) is 3.12. The minimum atomic E-state index is -0.357. The molecule has 3 aromatic carbocycles. The van der Waals surface area contributed by atoms with Crippen molar-refractivity contribution >= 4 is 11.9 Å². The van der Waals surface area contributed by atoms with Crippen LogP contribution in [0.5, 0.6) is 17.2 Å². The lowest BCUT2D eigenvalue weighted by atomic mass is 10.0. The van der Waals surface area contributed by atoms with Crippen LogP contribution in [0.15, 0.2) is 71.1 Å². The van der Waals surface area contributed by atoms with Crippen molar-refractivity contribution < 1.29 is 23.4 Å². The molecular weight excluding hydrogens is 410 g/mol. The highest BCUT2D eigenvalue weighted by molar-refractivity contribution is 6.03. The monoisotopic (exact) mass is 431 g/mol. The molecule has 162 valence electrons. The van der Waals surface area contributed by atoms with Crippen LogP contribution < -0.4 is 19.5 Å². The Hall–Kier alpha value is -4.33. The van der Waals surface area contributed by atoms with Gasteiger partial charge in [-0.05, 0) is 35.4 Å². The summed E-state index contributed by atoms with van der Waals surface area (Å²) in [7, 11) is 4.56. The van der Waals surface area contributed by atoms with Gasteiger partial charge in [-0.15, -0.1) is 5.10 Å². The van der Waals surface area contributed by atoms with Gasteiger partial charge in [-0.1, -0.05) is 47.6 Å². The minimum Gasteiger partial charge on any atom is -0.493 e. The molecular formula is C24H21N3O5. The highest BCUT2D eigenvalue weighted by atomic mass is 16.5. The summed E-state index contributed by atoms with van der Waals surface area (Å²) in [5.74, 6) is 1.18. The van der Waals surface area contributed by atoms with Gasteiger partial charge in [0.15, 0.2) is 11.5 Å². The fraction of sp³-hybridized carbons (Fsp3) is 0.125. The maximum absolute atomic E-state index is 12.6. The van der Waals surface area contributed by atoms with Crippen molar-refractivity contribution in [3.63, 3.8) is 0 Å². The molecule has 0 saturated carbocycles. The van der Waals surface area contributed by atoms with Crippen molar-refractivity contribution in [2.45, 2.75) is 0 Å². The second kappa shape index (κ2) is 9.22. The van der Waals surface area contributed by atoms with Crippen LogP contribution in [0.4, 0.5) is 6.01 Å². The number of benzene rings is 3. The number of amides is 1. The fourth-order valence-electron chi connectivity index (χ4n) is 3.21. The Balaban J connectivity index is 1.52. The number of nitrogens with zero attached hydrogens (tertiary/aromatic N) is 2. The van der Waals surface area contributed by atoms with Gasteiger partial charge < -0.3 is 18.6 Å². The molecule has 0 unspecified atom stereocenters. The average molecular weight is 431 g/mol. The van der Waals surface area contributed by atoms with E-state index in [0.29, 0.717) is 28.4 Å². The second-order valence-corrected chi connectivity index (χ2v) is 6.72. The smallest absolute Gasteiger partial charge is 0.322 e. The highest BCUT2D eigenvalue weighted by Gasteiger charge is 2.18. The lowest BCUT2D eigenvalue weighted by Gasteiger charge is -2.12. The molecule has 0 bridgehead atoms. The number of aromatic nitrogens is 2. The summed E-state index contributed by atoms with van der Waals surface area (Å²) in [6.07, 6.45) is 0. The van der Waals surface area contributed by atoms with Gasteiger partial charge in [0.05, 0.1) is 21.3 Å². The molecule has 1 N–H and O–H groups in total. The molecule has 1 aromatic heterocycles. The maximum atomic E-state index is 12.6. The Bertz CT molecular complexity index is 1200. The molecule has 0 fully saturated rings. The molecule has 1 heterocycles. The number of anilines is 1. The van der Waals surface area contributed by atoms with Crippen LogP contribution in [0.2, 0.25) is 0 Å². The summed E-state index contributed by atoms with van der Waals surface area (Å²) in [6, 6.07) is 20.5. The van der Waals surface area contributed by atoms with E-state index in [1.807, 2.05) is 42.5 Å². The van der Waals surface area contributed by atoms with Crippen LogP contribution in [0, 0.1) is 0 Å². The number of hydrogen-bond donors (Lipinski definition) is 1. The van der Waals surface area contributed by atoms with Crippen LogP contribution in [0.3, 0.4) is 0 Å². The number of carbonyl (C=O) groups is 1. The van der Waals surface area contributed by atoms with Crippen molar-refractivity contribution in [2.75, 3.05) is 26.6 Å². The third-order valence-electron chi connectivity index (χ3n) is 4.81. The maximum Gasteiger partial charge on any atom is 0.322 e. The Kier molecular flexibility index (Phi) is 6.03. The summed E-state index contributed by atoms with van der Waals surface area (Å²) < 4.78 is 21.6. The molecule has 0 aliphatic heterocycles. The van der Waals surface area contributed by atoms with E-state index in [1.54, 1.807) is 24.3 Å². The van der Waals surface area contributed by atoms with E-state index in [9.17, 15) is 4.79 Å². The van der Waals surface area contributed by atoms with Gasteiger partial charge in [-0.2, -0.15) is 0 Å². The molecule has 0 aliphatic carbocycles. The van der Waals surface area contributed by atoms with E-state index >= 15 is 0 Å². The van der Waals surface area contributed by atoms with Crippen LogP contribution in [0.1, 0.15) is 10.4 Å². The third-order valence-corrected chi connectivity index (χ3v) is 4.81. The van der Waals surface area contributed by atoms with Crippen LogP contribution in [-0.2, 0) is 0 Å². The van der Waals surface area contributed by atoms with Crippen molar-refractivity contribution in [2.24, 2.45) is 0 Å². The van der Waals surface area contributed by atoms with Gasteiger partial charge in [0.25, 0.3) is 5.91 Å². The van der Waals surface area contributed by atoms with Crippen LogP contribution >= 0.6 is 0 Å². The zero-order valence-electron chi connectivity index (χ0n) is 17.8. The number of ether oxygens (including phenoxy) is 3. The van der Waals surface area contributed by atoms with Gasteiger partial charge in [0.2, 0.25) is 11.6 Å². The van der Waals surface area contributed by atoms with E-state index in [4.69, 9.17) is 18.6 Å².